The van der Waals surface area contributed by atoms with Crippen molar-refractivity contribution in [1.82, 2.24) is 15.2 Å². The number of rotatable bonds is 4. The van der Waals surface area contributed by atoms with Crippen LogP contribution in [-0.4, -0.2) is 28.8 Å². The van der Waals surface area contributed by atoms with Gasteiger partial charge in [0.05, 0.1) is 17.7 Å². The van der Waals surface area contributed by atoms with E-state index in [9.17, 15) is 13.6 Å². The van der Waals surface area contributed by atoms with E-state index in [1.807, 2.05) is 19.1 Å². The van der Waals surface area contributed by atoms with Crippen molar-refractivity contribution >= 4 is 23.2 Å². The Morgan fingerprint density at radius 3 is 2.53 bits per heavy atom. The van der Waals surface area contributed by atoms with Gasteiger partial charge in [-0.15, -0.1) is 11.3 Å². The summed E-state index contributed by atoms with van der Waals surface area (Å²) >= 11 is 1.35. The van der Waals surface area contributed by atoms with Gasteiger partial charge in [-0.25, -0.2) is 8.78 Å². The molecule has 1 amide bonds. The van der Waals surface area contributed by atoms with Crippen LogP contribution >= 0.6 is 11.3 Å². The van der Waals surface area contributed by atoms with Gasteiger partial charge in [-0.05, 0) is 42.9 Å². The quantitative estimate of drug-likeness (QED) is 0.588. The number of carbonyl (C=O) groups excluding carboxylic acids is 1. The van der Waals surface area contributed by atoms with Crippen LogP contribution in [0.25, 0.3) is 11.3 Å². The van der Waals surface area contributed by atoms with Gasteiger partial charge in [-0.3, -0.25) is 20.1 Å². The number of guanidine groups is 1. The Labute approximate surface area is 188 Å². The first-order valence-corrected chi connectivity index (χ1v) is 11.3. The van der Waals surface area contributed by atoms with E-state index < -0.39 is 23.1 Å². The Morgan fingerprint density at radius 2 is 1.88 bits per heavy atom. The number of nitrogens with one attached hydrogen (secondary N) is 2. The molecule has 1 aliphatic carbocycles. The fourth-order valence-electron chi connectivity index (χ4n) is 4.37. The highest BCUT2D eigenvalue weighted by Gasteiger charge is 2.49. The van der Waals surface area contributed by atoms with Crippen LogP contribution in [0.4, 0.5) is 8.78 Å². The fourth-order valence-corrected chi connectivity index (χ4v) is 5.41. The third kappa shape index (κ3) is 3.39. The molecule has 32 heavy (non-hydrogen) atoms. The van der Waals surface area contributed by atoms with Crippen LogP contribution < -0.4 is 5.32 Å². The SMILES string of the molecule is CN1C(=N)N[C@](C)(c2cc(-c3ncc(F)cc3F)cs2)C(c2ccc(C3CC3)cc2)C1=O. The van der Waals surface area contributed by atoms with Crippen LogP contribution in [-0.2, 0) is 10.3 Å². The van der Waals surface area contributed by atoms with Crippen molar-refractivity contribution in [3.8, 4) is 11.3 Å². The molecular formula is C24H22F2N4OS. The van der Waals surface area contributed by atoms with Crippen molar-refractivity contribution in [2.45, 2.75) is 37.1 Å². The molecule has 1 aromatic carbocycles. The van der Waals surface area contributed by atoms with E-state index in [-0.39, 0.29) is 17.6 Å². The molecule has 5 nitrogen and oxygen atoms in total. The first-order valence-electron chi connectivity index (χ1n) is 10.4. The summed E-state index contributed by atoms with van der Waals surface area (Å²) in [6, 6.07) is 10.7. The normalized spacial score (nSPS) is 23.4. The van der Waals surface area contributed by atoms with Gasteiger partial charge in [0.2, 0.25) is 5.91 Å². The number of hydrogen-bond acceptors (Lipinski definition) is 4. The standard InChI is InChI=1S/C24H22F2N4OS/c1-24(19-9-16(12-32-19)21-18(26)10-17(25)11-28-21)20(22(31)30(2)23(27)29-24)15-7-5-14(6-8-15)13-3-4-13/h5-13,20H,3-4H2,1-2H3,(H2,27,29)/t20?,24-/m1/s1. The van der Waals surface area contributed by atoms with E-state index in [2.05, 4.69) is 22.4 Å². The van der Waals surface area contributed by atoms with E-state index >= 15 is 0 Å². The minimum absolute atomic E-state index is 0.00406. The summed E-state index contributed by atoms with van der Waals surface area (Å²) in [7, 11) is 1.58. The Bertz CT molecular complexity index is 1220. The first kappa shape index (κ1) is 20.8. The maximum absolute atomic E-state index is 14.3. The van der Waals surface area contributed by atoms with Crippen molar-refractivity contribution in [2.24, 2.45) is 0 Å². The number of hydrogen-bond donors (Lipinski definition) is 2. The number of thiophene rings is 1. The summed E-state index contributed by atoms with van der Waals surface area (Å²) in [5, 5.41) is 13.2. The van der Waals surface area contributed by atoms with E-state index in [0.29, 0.717) is 11.5 Å². The van der Waals surface area contributed by atoms with Gasteiger partial charge in [0.1, 0.15) is 11.5 Å². The van der Waals surface area contributed by atoms with Crippen LogP contribution in [0.3, 0.4) is 0 Å². The molecule has 1 aliphatic heterocycles. The minimum atomic E-state index is -0.915. The van der Waals surface area contributed by atoms with Crippen molar-refractivity contribution < 1.29 is 13.6 Å². The number of halogens is 2. The average molecular weight is 453 g/mol. The second kappa shape index (κ2) is 7.48. The highest BCUT2D eigenvalue weighted by molar-refractivity contribution is 7.10. The summed E-state index contributed by atoms with van der Waals surface area (Å²) in [6.07, 6.45) is 3.38. The first-order chi connectivity index (χ1) is 15.3. The molecular weight excluding hydrogens is 430 g/mol. The molecule has 3 aromatic rings. The Kier molecular flexibility index (Phi) is 4.85. The second-order valence-corrected chi connectivity index (χ2v) is 9.54. The Morgan fingerprint density at radius 1 is 1.19 bits per heavy atom. The molecule has 1 saturated carbocycles. The minimum Gasteiger partial charge on any atom is -0.345 e. The summed E-state index contributed by atoms with van der Waals surface area (Å²) in [5.41, 5.74) is 1.78. The predicted molar refractivity (Wildman–Crippen MR) is 120 cm³/mol. The Balaban J connectivity index is 1.57. The van der Waals surface area contributed by atoms with Crippen LogP contribution in [0, 0.1) is 17.0 Å². The highest BCUT2D eigenvalue weighted by atomic mass is 32.1. The lowest BCUT2D eigenvalue weighted by Gasteiger charge is -2.45. The fraction of sp³-hybridized carbons (Fsp3) is 0.292. The third-order valence-electron chi connectivity index (χ3n) is 6.38. The predicted octanol–water partition coefficient (Wildman–Crippen LogP) is 4.96. The molecule has 2 atom stereocenters. The van der Waals surface area contributed by atoms with Gasteiger partial charge in [0.15, 0.2) is 11.8 Å². The van der Waals surface area contributed by atoms with E-state index in [0.717, 1.165) is 22.7 Å². The van der Waals surface area contributed by atoms with E-state index in [1.165, 1.54) is 34.6 Å². The summed E-state index contributed by atoms with van der Waals surface area (Å²) in [5.74, 6) is -1.62. The zero-order chi connectivity index (χ0) is 22.6. The molecule has 2 aromatic heterocycles. The van der Waals surface area contributed by atoms with Crippen molar-refractivity contribution in [3.05, 3.63) is 75.6 Å². The molecule has 0 bridgehead atoms. The monoisotopic (exact) mass is 452 g/mol. The lowest BCUT2D eigenvalue weighted by molar-refractivity contribution is -0.131. The second-order valence-electron chi connectivity index (χ2n) is 8.63. The molecule has 8 heteroatoms. The maximum atomic E-state index is 14.3. The van der Waals surface area contributed by atoms with E-state index in [4.69, 9.17) is 5.41 Å². The number of benzene rings is 1. The topological polar surface area (TPSA) is 69.1 Å². The van der Waals surface area contributed by atoms with Crippen LogP contribution in [0.2, 0.25) is 0 Å². The number of likely N-dealkylation sites (N-methyl/N-ethyl adjacent to an activating group) is 1. The van der Waals surface area contributed by atoms with Crippen LogP contribution in [0.5, 0.6) is 0 Å². The lowest BCUT2D eigenvalue weighted by atomic mass is 9.76. The van der Waals surface area contributed by atoms with Gasteiger partial charge in [0.25, 0.3) is 0 Å². The molecule has 5 rings (SSSR count). The van der Waals surface area contributed by atoms with Gasteiger partial charge >= 0.3 is 0 Å². The van der Waals surface area contributed by atoms with Gasteiger partial charge in [-0.1, -0.05) is 24.3 Å². The summed E-state index contributed by atoms with van der Waals surface area (Å²) < 4.78 is 27.6. The van der Waals surface area contributed by atoms with Gasteiger partial charge in [0, 0.05) is 28.9 Å². The summed E-state index contributed by atoms with van der Waals surface area (Å²) in [4.78, 5) is 19.3. The zero-order valence-corrected chi connectivity index (χ0v) is 18.5. The number of carbonyl (C=O) groups is 1. The highest BCUT2D eigenvalue weighted by Crippen LogP contribution is 2.45. The lowest BCUT2D eigenvalue weighted by Crippen LogP contribution is -2.62. The third-order valence-corrected chi connectivity index (χ3v) is 7.55. The van der Waals surface area contributed by atoms with Crippen molar-refractivity contribution in [2.75, 3.05) is 7.05 Å². The maximum Gasteiger partial charge on any atom is 0.239 e. The van der Waals surface area contributed by atoms with E-state index in [1.54, 1.807) is 18.5 Å². The molecule has 2 N–H and O–H groups in total. The number of aromatic nitrogens is 1. The largest absolute Gasteiger partial charge is 0.345 e. The van der Waals surface area contributed by atoms with Gasteiger partial charge in [-0.2, -0.15) is 0 Å². The smallest absolute Gasteiger partial charge is 0.239 e. The van der Waals surface area contributed by atoms with Crippen molar-refractivity contribution in [3.63, 3.8) is 0 Å². The molecule has 1 saturated heterocycles. The molecule has 0 radical (unpaired) electrons. The van der Waals surface area contributed by atoms with Gasteiger partial charge < -0.3 is 5.32 Å². The van der Waals surface area contributed by atoms with Crippen LogP contribution in [0.1, 0.15) is 47.6 Å². The molecule has 2 aliphatic rings. The van der Waals surface area contributed by atoms with Crippen molar-refractivity contribution in [1.29, 1.82) is 5.41 Å². The molecule has 1 unspecified atom stereocenters. The summed E-state index contributed by atoms with van der Waals surface area (Å²) in [6.45, 7) is 1.88. The zero-order valence-electron chi connectivity index (χ0n) is 17.7. The molecule has 2 fully saturated rings. The number of amides is 1. The molecule has 3 heterocycles. The number of pyridine rings is 1. The molecule has 0 spiro atoms. The number of nitrogens with zero attached hydrogens (tertiary/aromatic N) is 2. The molecule has 164 valence electrons. The Hall–Kier alpha value is -3.13. The van der Waals surface area contributed by atoms with Crippen LogP contribution in [0.15, 0.2) is 48.0 Å². The average Bonchev–Trinajstić information content (AvgIpc) is 3.49.